The summed E-state index contributed by atoms with van der Waals surface area (Å²) in [6.45, 7) is 0. The zero-order valence-electron chi connectivity index (χ0n) is 20.3. The van der Waals surface area contributed by atoms with E-state index in [0.717, 1.165) is 26.4 Å². The number of hydrogen-bond donors (Lipinski definition) is 3. The number of benzene rings is 1. The maximum absolute atomic E-state index is 12.7. The van der Waals surface area contributed by atoms with Crippen LogP contribution in [0.4, 0.5) is 26.3 Å². The Morgan fingerprint density at radius 2 is 1.12 bits per heavy atom. The van der Waals surface area contributed by atoms with Gasteiger partial charge >= 0.3 is 12.4 Å². The maximum atomic E-state index is 12.7. The number of nitrogens with zero attached hydrogens (tertiary/aromatic N) is 1. The van der Waals surface area contributed by atoms with Crippen LogP contribution in [0.2, 0.25) is 0 Å². The second-order valence-electron chi connectivity index (χ2n) is 4.68. The number of aliphatic hydroxyl groups is 2. The zero-order chi connectivity index (χ0) is 22.0. The van der Waals surface area contributed by atoms with Crippen LogP contribution in [-0.4, -0.2) is 34.5 Å². The van der Waals surface area contributed by atoms with Gasteiger partial charge in [0, 0.05) is 42.1 Å². The van der Waals surface area contributed by atoms with Crippen molar-refractivity contribution in [3.63, 3.8) is 0 Å². The van der Waals surface area contributed by atoms with Crippen molar-refractivity contribution in [1.82, 2.24) is 4.98 Å². The van der Waals surface area contributed by atoms with Gasteiger partial charge in [-0.3, -0.25) is 4.98 Å². The van der Waals surface area contributed by atoms with Crippen molar-refractivity contribution < 1.29 is 63.4 Å². The van der Waals surface area contributed by atoms with Crippen LogP contribution in [0.3, 0.4) is 0 Å². The number of halogens is 6. The van der Waals surface area contributed by atoms with E-state index in [1.165, 1.54) is 0 Å². The van der Waals surface area contributed by atoms with Gasteiger partial charge in [0.15, 0.2) is 0 Å². The number of aliphatic hydroxyl groups excluding tert-OH is 2. The van der Waals surface area contributed by atoms with Crippen molar-refractivity contribution in [1.29, 1.82) is 0 Å². The predicted molar refractivity (Wildman–Crippen MR) is 124 cm³/mol. The summed E-state index contributed by atoms with van der Waals surface area (Å²) in [5.74, 6) is -1.47. The van der Waals surface area contributed by atoms with Crippen molar-refractivity contribution in [2.45, 2.75) is 12.4 Å². The van der Waals surface area contributed by atoms with Crippen LogP contribution in [-0.2, 0) is 34.1 Å². The molecule has 0 aliphatic carbocycles. The van der Waals surface area contributed by atoms with Gasteiger partial charge in [-0.05, 0) is 12.1 Å². The molecule has 200 valence electrons. The number of aromatic hydroxyl groups is 1. The van der Waals surface area contributed by atoms with Gasteiger partial charge in [-0.2, -0.15) is 44.5 Å². The van der Waals surface area contributed by atoms with E-state index in [2.05, 4.69) is 4.98 Å². The summed E-state index contributed by atoms with van der Waals surface area (Å²) >= 11 is 0. The summed E-state index contributed by atoms with van der Waals surface area (Å²) < 4.78 is 75.7. The van der Waals surface area contributed by atoms with E-state index in [0.29, 0.717) is 12.3 Å². The van der Waals surface area contributed by atoms with Gasteiger partial charge in [0.25, 0.3) is 0 Å². The van der Waals surface area contributed by atoms with E-state index in [1.807, 2.05) is 30.3 Å². The van der Waals surface area contributed by atoms with Gasteiger partial charge in [-0.25, -0.2) is 12.1 Å². The Balaban J connectivity index is -0.0000000847. The molecular formula is C23H33F6NO3Ti-6. The molecule has 0 atom stereocenters. The minimum Gasteiger partial charge on any atom is -0.507 e. The van der Waals surface area contributed by atoms with E-state index >= 15 is 0 Å². The normalized spacial score (nSPS) is 8.76. The third-order valence-electron chi connectivity index (χ3n) is 3.03. The summed E-state index contributed by atoms with van der Waals surface area (Å²) in [6.07, 6.45) is -9.56. The summed E-state index contributed by atoms with van der Waals surface area (Å²) in [6, 6.07) is 12.7. The Morgan fingerprint density at radius 3 is 1.44 bits per heavy atom. The summed E-state index contributed by atoms with van der Waals surface area (Å²) in [5.41, 5.74) is -3.32. The molecule has 0 saturated carbocycles. The first-order chi connectivity index (χ1) is 13.1. The molecule has 0 aliphatic heterocycles. The molecule has 2 aromatic carbocycles. The number of alkyl halides is 6. The van der Waals surface area contributed by atoms with Crippen LogP contribution in [0.1, 0.15) is 11.1 Å². The van der Waals surface area contributed by atoms with Crippen LogP contribution in [0.25, 0.3) is 10.9 Å². The molecule has 0 fully saturated rings. The zero-order valence-corrected chi connectivity index (χ0v) is 21.8. The van der Waals surface area contributed by atoms with E-state index in [9.17, 15) is 31.4 Å². The number of fused-ring (bicyclic) bond motifs is 1. The van der Waals surface area contributed by atoms with Gasteiger partial charge < -0.3 is 52.5 Å². The Kier molecular flexibility index (Phi) is 32.9. The summed E-state index contributed by atoms with van der Waals surface area (Å²) in [5, 5.41) is 22.5. The van der Waals surface area contributed by atoms with Gasteiger partial charge in [0.1, 0.15) is 11.3 Å². The Bertz CT molecular complexity index is 807. The Morgan fingerprint density at radius 1 is 0.706 bits per heavy atom. The van der Waals surface area contributed by atoms with Crippen LogP contribution >= 0.6 is 0 Å². The molecule has 1 aromatic heterocycles. The van der Waals surface area contributed by atoms with Crippen molar-refractivity contribution in [2.24, 2.45) is 0 Å². The molecule has 0 radical (unpaired) electrons. The number of pyridine rings is 1. The predicted octanol–water partition coefficient (Wildman–Crippen LogP) is 6.85. The first kappa shape index (κ1) is 49.2. The fraction of sp³-hybridized carbons (Fsp3) is 0.174. The average Bonchev–Trinajstić information content (AvgIpc) is 3.23. The van der Waals surface area contributed by atoms with Crippen molar-refractivity contribution in [3.05, 3.63) is 103 Å². The third-order valence-corrected chi connectivity index (χ3v) is 3.03. The number of rotatable bonds is 0. The minimum atomic E-state index is -4.98. The molecule has 1 heterocycles. The fourth-order valence-corrected chi connectivity index (χ4v) is 1.99. The molecule has 0 spiro atoms. The van der Waals surface area contributed by atoms with Crippen LogP contribution in [0.15, 0.2) is 54.7 Å². The maximum Gasteiger partial charge on any atom is 0.421 e. The van der Waals surface area contributed by atoms with Crippen LogP contribution in [0.5, 0.6) is 5.75 Å². The monoisotopic (exact) mass is 533 g/mol. The van der Waals surface area contributed by atoms with E-state index in [4.69, 9.17) is 10.2 Å². The standard InChI is InChI=1S/C11H5F6NO.C5H5.2CH4O.5CH3.Ti/c12-10(13,14)5-2-1-3-7-8(5)9(19)6(4-18-7)11(15,16)17;1-2-4-5-3-1;2*1-2;;;;;;/h1-4H,(H,18,19);1-5H;2*2H,1H3;5*1H3;/q;-1;;;5*-1;. The second kappa shape index (κ2) is 22.8. The molecule has 34 heavy (non-hydrogen) atoms. The largest absolute Gasteiger partial charge is 0.507 e. The van der Waals surface area contributed by atoms with Gasteiger partial charge in [0.05, 0.1) is 16.5 Å². The average molecular weight is 533 g/mol. The molecule has 3 rings (SSSR count). The molecule has 0 bridgehead atoms. The molecule has 11 heteroatoms. The molecule has 0 saturated heterocycles. The number of aromatic nitrogens is 1. The Labute approximate surface area is 214 Å². The second-order valence-corrected chi connectivity index (χ2v) is 4.68. The molecule has 3 N–H and O–H groups in total. The van der Waals surface area contributed by atoms with E-state index in [1.54, 1.807) is 0 Å². The van der Waals surface area contributed by atoms with Crippen LogP contribution in [0, 0.1) is 37.1 Å². The third kappa shape index (κ3) is 14.3. The Hall–Kier alpha value is -2.01. The summed E-state index contributed by atoms with van der Waals surface area (Å²) in [7, 11) is 2.00. The SMILES string of the molecule is CO.CO.Oc1c(C(F)(F)F)cnc2cccc(C(F)(F)F)c12.[CH3-].[CH3-].[CH3-].[CH3-].[CH3-].[Ti].c1cc[cH-]c1. The van der Waals surface area contributed by atoms with Crippen molar-refractivity contribution in [2.75, 3.05) is 14.2 Å². The topological polar surface area (TPSA) is 73.6 Å². The number of hydrogen-bond acceptors (Lipinski definition) is 4. The minimum absolute atomic E-state index is 0. The first-order valence-electron chi connectivity index (χ1n) is 7.43. The van der Waals surface area contributed by atoms with E-state index in [-0.39, 0.29) is 64.4 Å². The van der Waals surface area contributed by atoms with Gasteiger partial charge in [0.2, 0.25) is 0 Å². The van der Waals surface area contributed by atoms with E-state index < -0.39 is 34.6 Å². The summed E-state index contributed by atoms with van der Waals surface area (Å²) in [4.78, 5) is 3.30. The molecule has 0 amide bonds. The van der Waals surface area contributed by atoms with Crippen molar-refractivity contribution in [3.8, 4) is 5.75 Å². The molecule has 4 nitrogen and oxygen atoms in total. The molecule has 0 unspecified atom stereocenters. The smallest absolute Gasteiger partial charge is 0.421 e. The van der Waals surface area contributed by atoms with Crippen LogP contribution < -0.4 is 0 Å². The first-order valence-corrected chi connectivity index (χ1v) is 7.43. The fourth-order valence-electron chi connectivity index (χ4n) is 1.99. The molecular weight excluding hydrogens is 500 g/mol. The van der Waals surface area contributed by atoms with Gasteiger partial charge in [-0.15, -0.1) is 0 Å². The quantitative estimate of drug-likeness (QED) is 0.168. The van der Waals surface area contributed by atoms with Gasteiger partial charge in [-0.1, -0.05) is 6.07 Å². The van der Waals surface area contributed by atoms with Crippen molar-refractivity contribution >= 4 is 10.9 Å². The molecule has 3 aromatic rings. The molecule has 0 aliphatic rings.